The van der Waals surface area contributed by atoms with Gasteiger partial charge in [0.1, 0.15) is 0 Å². The number of hydrogen-bond acceptors (Lipinski definition) is 11. The number of nitrogens with zero attached hydrogens (tertiary/aromatic N) is 2. The van der Waals surface area contributed by atoms with Gasteiger partial charge in [0, 0.05) is 9.79 Å². The van der Waals surface area contributed by atoms with Crippen molar-refractivity contribution in [3.8, 4) is 11.8 Å². The van der Waals surface area contributed by atoms with Gasteiger partial charge in [0.25, 0.3) is 0 Å². The van der Waals surface area contributed by atoms with E-state index in [0.717, 1.165) is 26.2 Å². The maximum atomic E-state index is 9.77. The number of fused-ring (bicyclic) bond motifs is 2. The Bertz CT molecular complexity index is 1190. The molecular weight excluding hydrogens is 588 g/mol. The number of anilines is 2. The third kappa shape index (κ3) is 11.6. The van der Waals surface area contributed by atoms with Crippen molar-refractivity contribution in [2.45, 2.75) is 48.1 Å². The number of aliphatic hydroxyl groups is 4. The number of hydrogen-bond donors (Lipinski definition) is 8. The monoisotopic (exact) mass is 622 g/mol. The molecule has 2 aromatic carbocycles. The summed E-state index contributed by atoms with van der Waals surface area (Å²) in [5.41, 5.74) is 2.52. The molecule has 4 atom stereocenters. The van der Waals surface area contributed by atoms with Crippen LogP contribution in [-0.2, 0) is 19.2 Å². The van der Waals surface area contributed by atoms with Crippen LogP contribution in [0.3, 0.4) is 0 Å². The second-order valence-corrected chi connectivity index (χ2v) is 9.65. The highest BCUT2D eigenvalue weighted by Gasteiger charge is 2.30. The predicted octanol–water partition coefficient (Wildman–Crippen LogP) is 0.389. The molecule has 2 aromatic rings. The van der Waals surface area contributed by atoms with Gasteiger partial charge in [0.05, 0.1) is 24.5 Å². The molecule has 15 heteroatoms. The number of para-hydroxylation sites is 2. The zero-order valence-corrected chi connectivity index (χ0v) is 24.1. The Balaban J connectivity index is 0.000000386. The first-order valence-electron chi connectivity index (χ1n) is 12.7. The van der Waals surface area contributed by atoms with Gasteiger partial charge in [-0.25, -0.2) is 19.2 Å². The molecule has 0 spiro atoms. The molecular formula is C28H34N2O12S. The van der Waals surface area contributed by atoms with E-state index in [-0.39, 0.29) is 0 Å². The van der Waals surface area contributed by atoms with Crippen molar-refractivity contribution in [2.75, 3.05) is 31.1 Å². The molecule has 0 fully saturated rings. The maximum absolute atomic E-state index is 9.77. The fourth-order valence-electron chi connectivity index (χ4n) is 3.24. The highest BCUT2D eigenvalue weighted by molar-refractivity contribution is 7.99. The van der Waals surface area contributed by atoms with Crippen LogP contribution in [0.4, 0.5) is 11.4 Å². The van der Waals surface area contributed by atoms with Crippen LogP contribution in [0.1, 0.15) is 13.8 Å². The first kappa shape index (κ1) is 36.9. The van der Waals surface area contributed by atoms with Gasteiger partial charge in [0.15, 0.2) is 24.4 Å². The lowest BCUT2D eigenvalue weighted by Crippen LogP contribution is -2.39. The molecule has 0 aliphatic carbocycles. The summed E-state index contributed by atoms with van der Waals surface area (Å²) in [4.78, 5) is 46.4. The average Bonchev–Trinajstić information content (AvgIpc) is 2.99. The van der Waals surface area contributed by atoms with E-state index in [1.807, 2.05) is 11.8 Å². The van der Waals surface area contributed by atoms with Gasteiger partial charge in [0.2, 0.25) is 0 Å². The smallest absolute Gasteiger partial charge is 0.335 e. The number of benzene rings is 2. The molecule has 234 valence electrons. The maximum Gasteiger partial charge on any atom is 0.335 e. The lowest BCUT2D eigenvalue weighted by molar-refractivity contribution is -0.165. The lowest BCUT2D eigenvalue weighted by Gasteiger charge is -2.31. The number of carboxylic acids is 4. The molecule has 8 N–H and O–H groups in total. The van der Waals surface area contributed by atoms with Crippen LogP contribution in [0, 0.1) is 11.8 Å². The van der Waals surface area contributed by atoms with Crippen molar-refractivity contribution in [1.82, 2.24) is 4.90 Å². The van der Waals surface area contributed by atoms with E-state index in [4.69, 9.17) is 40.9 Å². The van der Waals surface area contributed by atoms with E-state index in [0.29, 0.717) is 0 Å². The molecule has 0 aromatic heterocycles. The van der Waals surface area contributed by atoms with E-state index >= 15 is 0 Å². The summed E-state index contributed by atoms with van der Waals surface area (Å²) >= 11 is 1.84. The molecule has 3 rings (SSSR count). The first-order chi connectivity index (χ1) is 20.3. The van der Waals surface area contributed by atoms with Crippen LogP contribution in [-0.4, -0.2) is 120 Å². The third-order valence-electron chi connectivity index (χ3n) is 5.70. The minimum atomic E-state index is -2.27. The van der Waals surface area contributed by atoms with Crippen LogP contribution in [0.2, 0.25) is 0 Å². The second kappa shape index (κ2) is 18.4. The molecule has 0 amide bonds. The molecule has 14 nitrogen and oxygen atoms in total. The number of carboxylic acid groups (broad SMARTS) is 4. The van der Waals surface area contributed by atoms with Crippen molar-refractivity contribution < 1.29 is 60.0 Å². The topological polar surface area (TPSA) is 237 Å². The molecule has 43 heavy (non-hydrogen) atoms. The van der Waals surface area contributed by atoms with Crippen LogP contribution >= 0.6 is 11.8 Å². The van der Waals surface area contributed by atoms with Crippen molar-refractivity contribution in [3.63, 3.8) is 0 Å². The minimum absolute atomic E-state index is 0.732. The summed E-state index contributed by atoms with van der Waals surface area (Å²) in [5, 5.41) is 65.1. The SMILES string of the molecule is CCN(CC)CC#CCN1c2ccccc2Sc2ccccc21.O=C(O)C(O)C(O)C(=O)O.O=C(O)C(O)C(O)C(=O)O. The molecule has 1 aliphatic heterocycles. The van der Waals surface area contributed by atoms with Gasteiger partial charge in [-0.3, -0.25) is 4.90 Å². The zero-order valence-electron chi connectivity index (χ0n) is 23.3. The molecule has 4 unspecified atom stereocenters. The normalized spacial score (nSPS) is 14.0. The number of rotatable bonds is 10. The Labute approximate surface area is 251 Å². The van der Waals surface area contributed by atoms with E-state index in [2.05, 4.69) is 84.0 Å². The highest BCUT2D eigenvalue weighted by atomic mass is 32.2. The zero-order chi connectivity index (χ0) is 32.7. The van der Waals surface area contributed by atoms with Crippen molar-refractivity contribution >= 4 is 47.0 Å². The van der Waals surface area contributed by atoms with Gasteiger partial charge in [-0.2, -0.15) is 0 Å². The van der Waals surface area contributed by atoms with E-state index in [1.54, 1.807) is 0 Å². The van der Waals surface area contributed by atoms with Gasteiger partial charge in [-0.05, 0) is 37.4 Å². The van der Waals surface area contributed by atoms with Gasteiger partial charge in [-0.15, -0.1) is 0 Å². The van der Waals surface area contributed by atoms with Gasteiger partial charge >= 0.3 is 23.9 Å². The van der Waals surface area contributed by atoms with Crippen molar-refractivity contribution in [2.24, 2.45) is 0 Å². The fraction of sp³-hybridized carbons (Fsp3) is 0.357. The summed E-state index contributed by atoms with van der Waals surface area (Å²) in [7, 11) is 0. The largest absolute Gasteiger partial charge is 0.479 e. The Kier molecular flexibility index (Phi) is 15.8. The summed E-state index contributed by atoms with van der Waals surface area (Å²) in [5.74, 6) is -0.390. The van der Waals surface area contributed by atoms with Crippen LogP contribution < -0.4 is 4.90 Å². The molecule has 1 heterocycles. The highest BCUT2D eigenvalue weighted by Crippen LogP contribution is 2.47. The van der Waals surface area contributed by atoms with E-state index in [1.165, 1.54) is 21.2 Å². The average molecular weight is 623 g/mol. The van der Waals surface area contributed by atoms with Crippen LogP contribution in [0.25, 0.3) is 0 Å². The first-order valence-corrected chi connectivity index (χ1v) is 13.5. The second-order valence-electron chi connectivity index (χ2n) is 8.57. The number of aliphatic carboxylic acids is 4. The van der Waals surface area contributed by atoms with Crippen LogP contribution in [0.5, 0.6) is 0 Å². The van der Waals surface area contributed by atoms with E-state index in [9.17, 15) is 19.2 Å². The minimum Gasteiger partial charge on any atom is -0.479 e. The van der Waals surface area contributed by atoms with Gasteiger partial charge in [-0.1, -0.05) is 61.7 Å². The van der Waals surface area contributed by atoms with Crippen LogP contribution in [0.15, 0.2) is 58.3 Å². The molecule has 0 bridgehead atoms. The van der Waals surface area contributed by atoms with Crippen molar-refractivity contribution in [1.29, 1.82) is 0 Å². The quantitative estimate of drug-likeness (QED) is 0.167. The summed E-state index contributed by atoms with van der Waals surface area (Å²) in [6, 6.07) is 17.1. The fourth-order valence-corrected chi connectivity index (χ4v) is 4.34. The molecule has 0 saturated heterocycles. The molecule has 1 aliphatic rings. The number of aliphatic hydroxyl groups excluding tert-OH is 4. The predicted molar refractivity (Wildman–Crippen MR) is 154 cm³/mol. The van der Waals surface area contributed by atoms with Crippen molar-refractivity contribution in [3.05, 3.63) is 48.5 Å². The Morgan fingerprint density at radius 1 is 0.674 bits per heavy atom. The number of carbonyl (C=O) groups is 4. The summed E-state index contributed by atoms with van der Waals surface area (Å²) < 4.78 is 0. The Hall–Kier alpha value is -4.17. The van der Waals surface area contributed by atoms with E-state index < -0.39 is 48.3 Å². The molecule has 0 radical (unpaired) electrons. The summed E-state index contributed by atoms with van der Waals surface area (Å²) in [6.07, 6.45) is -9.06. The lowest BCUT2D eigenvalue weighted by atomic mass is 10.2. The Morgan fingerprint density at radius 2 is 1.02 bits per heavy atom. The van der Waals surface area contributed by atoms with Gasteiger partial charge < -0.3 is 45.8 Å². The summed E-state index contributed by atoms with van der Waals surface area (Å²) in [6.45, 7) is 8.04. The third-order valence-corrected chi connectivity index (χ3v) is 6.83. The molecule has 0 saturated carbocycles. The Morgan fingerprint density at radius 3 is 1.35 bits per heavy atom. The standard InChI is InChI=1S/C20H22N2S.2C4H6O6/c1-3-21(4-2)15-9-10-16-22-17-11-5-7-13-19(17)23-20-14-8-6-12-18(20)22;2*5-1(3(7)8)2(6)4(9)10/h5-8,11-14H,3-4,15-16H2,1-2H3;2*1-2,5-6H,(H,7,8)(H,9,10).